The van der Waals surface area contributed by atoms with Crippen LogP contribution in [-0.2, 0) is 17.9 Å². The molecule has 0 aliphatic heterocycles. The number of rotatable bonds is 8. The summed E-state index contributed by atoms with van der Waals surface area (Å²) in [6.45, 7) is 11.0. The first-order chi connectivity index (χ1) is 10.5. The van der Waals surface area contributed by atoms with E-state index in [2.05, 4.69) is 31.2 Å². The highest BCUT2D eigenvalue weighted by Gasteiger charge is 2.33. The van der Waals surface area contributed by atoms with Gasteiger partial charge < -0.3 is 10.4 Å². The van der Waals surface area contributed by atoms with Crippen molar-refractivity contribution in [3.8, 4) is 0 Å². The van der Waals surface area contributed by atoms with E-state index in [0.29, 0.717) is 12.1 Å². The van der Waals surface area contributed by atoms with Gasteiger partial charge in [0.15, 0.2) is 0 Å². The summed E-state index contributed by atoms with van der Waals surface area (Å²) in [7, 11) is 0. The number of carboxylic acid groups (broad SMARTS) is 1. The van der Waals surface area contributed by atoms with Gasteiger partial charge in [-0.05, 0) is 40.2 Å². The zero-order valence-corrected chi connectivity index (χ0v) is 14.1. The van der Waals surface area contributed by atoms with Crippen LogP contribution in [0.25, 0.3) is 0 Å². The normalized spacial score (nSPS) is 21.1. The van der Waals surface area contributed by atoms with Crippen LogP contribution < -0.4 is 5.32 Å². The van der Waals surface area contributed by atoms with E-state index in [-0.39, 0.29) is 6.54 Å². The molecule has 1 fully saturated rings. The molecule has 1 aromatic rings. The lowest BCUT2D eigenvalue weighted by Gasteiger charge is -2.42. The molecule has 2 rings (SSSR count). The molecule has 0 radical (unpaired) electrons. The van der Waals surface area contributed by atoms with Crippen LogP contribution in [0.1, 0.15) is 43.6 Å². The second kappa shape index (κ2) is 7.24. The van der Waals surface area contributed by atoms with Gasteiger partial charge in [0.25, 0.3) is 0 Å². The van der Waals surface area contributed by atoms with Crippen LogP contribution in [0.15, 0.2) is 0 Å². The van der Waals surface area contributed by atoms with Crippen molar-refractivity contribution >= 4 is 5.97 Å². The number of aromatic nitrogens is 2. The lowest BCUT2D eigenvalue weighted by molar-refractivity contribution is -0.139. The number of hydrogen-bond donors (Lipinski definition) is 2. The number of nitrogens with one attached hydrogen (secondary N) is 1. The second-order valence-corrected chi connectivity index (χ2v) is 6.13. The molecular weight excluding hydrogens is 280 g/mol. The molecule has 0 amide bonds. The van der Waals surface area contributed by atoms with Crippen LogP contribution in [0, 0.1) is 13.8 Å². The van der Waals surface area contributed by atoms with Gasteiger partial charge in [-0.2, -0.15) is 5.10 Å². The van der Waals surface area contributed by atoms with Crippen molar-refractivity contribution in [3.63, 3.8) is 0 Å². The zero-order chi connectivity index (χ0) is 16.3. The fourth-order valence-corrected chi connectivity index (χ4v) is 3.27. The van der Waals surface area contributed by atoms with Gasteiger partial charge >= 0.3 is 5.97 Å². The van der Waals surface area contributed by atoms with Crippen molar-refractivity contribution in [2.45, 2.75) is 65.7 Å². The summed E-state index contributed by atoms with van der Waals surface area (Å²) < 4.78 is 2.04. The largest absolute Gasteiger partial charge is 0.480 e. The van der Waals surface area contributed by atoms with Crippen molar-refractivity contribution in [3.05, 3.63) is 17.0 Å². The molecule has 6 heteroatoms. The Bertz CT molecular complexity index is 520. The number of nitrogens with zero attached hydrogens (tertiary/aromatic N) is 3. The van der Waals surface area contributed by atoms with E-state index in [9.17, 15) is 4.79 Å². The summed E-state index contributed by atoms with van der Waals surface area (Å²) in [5.74, 6) is -0.739. The van der Waals surface area contributed by atoms with Crippen LogP contribution in [0.3, 0.4) is 0 Å². The smallest absolute Gasteiger partial charge is 0.317 e. The van der Waals surface area contributed by atoms with Gasteiger partial charge in [0, 0.05) is 36.4 Å². The highest BCUT2D eigenvalue weighted by molar-refractivity contribution is 5.69. The molecule has 0 aromatic carbocycles. The van der Waals surface area contributed by atoms with Gasteiger partial charge in [-0.15, -0.1) is 0 Å². The van der Waals surface area contributed by atoms with Gasteiger partial charge in [-0.25, -0.2) is 0 Å². The Labute approximate surface area is 132 Å². The maximum atomic E-state index is 10.8. The second-order valence-electron chi connectivity index (χ2n) is 6.13. The highest BCUT2D eigenvalue weighted by Crippen LogP contribution is 2.26. The van der Waals surface area contributed by atoms with Crippen LogP contribution in [-0.4, -0.2) is 50.9 Å². The summed E-state index contributed by atoms with van der Waals surface area (Å²) in [5, 5.41) is 17.1. The molecule has 22 heavy (non-hydrogen) atoms. The summed E-state index contributed by atoms with van der Waals surface area (Å²) >= 11 is 0. The fourth-order valence-electron chi connectivity index (χ4n) is 3.27. The summed E-state index contributed by atoms with van der Waals surface area (Å²) in [6.07, 6.45) is 2.06. The van der Waals surface area contributed by atoms with Crippen molar-refractivity contribution < 1.29 is 9.90 Å². The monoisotopic (exact) mass is 308 g/mol. The van der Waals surface area contributed by atoms with Crippen LogP contribution in [0.2, 0.25) is 0 Å². The van der Waals surface area contributed by atoms with Crippen LogP contribution >= 0.6 is 0 Å². The third kappa shape index (κ3) is 3.67. The average molecular weight is 308 g/mol. The quantitative estimate of drug-likeness (QED) is 0.762. The van der Waals surface area contributed by atoms with Crippen molar-refractivity contribution in [1.29, 1.82) is 0 Å². The van der Waals surface area contributed by atoms with Gasteiger partial charge in [0.05, 0.1) is 12.2 Å². The topological polar surface area (TPSA) is 70.4 Å². The minimum absolute atomic E-state index is 0.148. The Balaban J connectivity index is 1.81. The van der Waals surface area contributed by atoms with E-state index in [0.717, 1.165) is 38.2 Å². The first-order valence-electron chi connectivity index (χ1n) is 8.18. The van der Waals surface area contributed by atoms with E-state index in [1.165, 1.54) is 11.3 Å². The predicted octanol–water partition coefficient (Wildman–Crippen LogP) is 1.55. The van der Waals surface area contributed by atoms with Gasteiger partial charge in [-0.1, -0.05) is 6.92 Å². The summed E-state index contributed by atoms with van der Waals surface area (Å²) in [4.78, 5) is 12.9. The fraction of sp³-hybridized carbons (Fsp3) is 0.750. The van der Waals surface area contributed by atoms with E-state index in [1.807, 2.05) is 16.5 Å². The lowest BCUT2D eigenvalue weighted by atomic mass is 9.85. The number of aryl methyl sites for hydroxylation is 2. The molecule has 2 N–H and O–H groups in total. The lowest BCUT2D eigenvalue weighted by Crippen LogP contribution is -2.53. The molecule has 1 aliphatic carbocycles. The average Bonchev–Trinajstić information content (AvgIpc) is 2.70. The van der Waals surface area contributed by atoms with E-state index in [1.54, 1.807) is 0 Å². The first kappa shape index (κ1) is 17.0. The van der Waals surface area contributed by atoms with Crippen molar-refractivity contribution in [2.24, 2.45) is 0 Å². The van der Waals surface area contributed by atoms with E-state index in [4.69, 9.17) is 5.11 Å². The molecule has 0 saturated heterocycles. The molecule has 124 valence electrons. The minimum Gasteiger partial charge on any atom is -0.480 e. The molecule has 0 spiro atoms. The molecule has 6 nitrogen and oxygen atoms in total. The van der Waals surface area contributed by atoms with Crippen LogP contribution in [0.5, 0.6) is 0 Å². The molecule has 0 unspecified atom stereocenters. The Morgan fingerprint density at radius 2 is 2.09 bits per heavy atom. The van der Waals surface area contributed by atoms with Gasteiger partial charge in [0.2, 0.25) is 0 Å². The number of carboxylic acids is 1. The molecule has 1 aliphatic rings. The molecular formula is C16H28N4O2. The Kier molecular flexibility index (Phi) is 5.58. The van der Waals surface area contributed by atoms with E-state index >= 15 is 0 Å². The Morgan fingerprint density at radius 1 is 1.41 bits per heavy atom. The number of likely N-dealkylation sites (N-methyl/N-ethyl adjacent to an activating group) is 1. The first-order valence-corrected chi connectivity index (χ1v) is 8.18. The van der Waals surface area contributed by atoms with E-state index < -0.39 is 5.97 Å². The summed E-state index contributed by atoms with van der Waals surface area (Å²) in [6, 6.07) is 0.885. The molecule has 1 heterocycles. The maximum Gasteiger partial charge on any atom is 0.317 e. The molecule has 0 bridgehead atoms. The third-order valence-corrected chi connectivity index (χ3v) is 4.77. The highest BCUT2D eigenvalue weighted by atomic mass is 16.4. The van der Waals surface area contributed by atoms with Crippen molar-refractivity contribution in [1.82, 2.24) is 20.0 Å². The maximum absolute atomic E-state index is 10.8. The summed E-state index contributed by atoms with van der Waals surface area (Å²) in [5.41, 5.74) is 3.64. The standard InChI is InChI=1S/C16H28N4O2/c1-5-19(10-16(21)22)14-7-13(8-14)17-9-15-11(3)18-20(6-2)12(15)4/h13-14,17H,5-10H2,1-4H3,(H,21,22). The number of hydrogen-bond acceptors (Lipinski definition) is 4. The third-order valence-electron chi connectivity index (χ3n) is 4.77. The molecule has 1 saturated carbocycles. The Hall–Kier alpha value is -1.40. The zero-order valence-electron chi connectivity index (χ0n) is 14.1. The predicted molar refractivity (Wildman–Crippen MR) is 85.9 cm³/mol. The number of carbonyl (C=O) groups is 1. The molecule has 0 atom stereocenters. The number of aliphatic carboxylic acids is 1. The van der Waals surface area contributed by atoms with Gasteiger partial charge in [0.1, 0.15) is 0 Å². The Morgan fingerprint density at radius 3 is 2.59 bits per heavy atom. The van der Waals surface area contributed by atoms with Gasteiger partial charge in [-0.3, -0.25) is 14.4 Å². The minimum atomic E-state index is -0.739. The SMILES string of the molecule is CCN(CC(=O)O)C1CC(NCc2c(C)nn(CC)c2C)C1. The van der Waals surface area contributed by atoms with Crippen LogP contribution in [0.4, 0.5) is 0 Å². The van der Waals surface area contributed by atoms with Crippen molar-refractivity contribution in [2.75, 3.05) is 13.1 Å². The molecule has 1 aromatic heterocycles.